The number of nitrogens with zero attached hydrogens (tertiary/aromatic N) is 3. The molecule has 0 saturated heterocycles. The lowest BCUT2D eigenvalue weighted by atomic mass is 10.0. The average molecular weight is 370 g/mol. The van der Waals surface area contributed by atoms with Gasteiger partial charge >= 0.3 is 0 Å². The molecule has 1 aromatic carbocycles. The summed E-state index contributed by atoms with van der Waals surface area (Å²) in [5.41, 5.74) is 2.40. The van der Waals surface area contributed by atoms with Gasteiger partial charge in [0.25, 0.3) is 0 Å². The number of ether oxygens (including phenoxy) is 1. The largest absolute Gasteiger partial charge is 0.491 e. The van der Waals surface area contributed by atoms with Crippen LogP contribution in [0.2, 0.25) is 0 Å². The highest BCUT2D eigenvalue weighted by molar-refractivity contribution is 5.76. The third-order valence-corrected chi connectivity index (χ3v) is 5.20. The summed E-state index contributed by atoms with van der Waals surface area (Å²) in [6.45, 7) is 2.03. The van der Waals surface area contributed by atoms with Crippen LogP contribution in [0, 0.1) is 0 Å². The predicted octanol–water partition coefficient (Wildman–Crippen LogP) is 3.77. The molecule has 0 N–H and O–H groups in total. The number of hydrogen-bond acceptors (Lipinski definition) is 3. The maximum atomic E-state index is 12.8. The normalized spacial score (nSPS) is 16.4. The first-order valence-corrected chi connectivity index (χ1v) is 10.2. The summed E-state index contributed by atoms with van der Waals surface area (Å²) in [5, 5.41) is 4.18. The number of para-hydroxylation sites is 1. The van der Waals surface area contributed by atoms with Crippen molar-refractivity contribution in [1.29, 1.82) is 0 Å². The summed E-state index contributed by atoms with van der Waals surface area (Å²) < 4.78 is 7.82. The lowest BCUT2D eigenvalue weighted by Gasteiger charge is -2.23. The van der Waals surface area contributed by atoms with Crippen molar-refractivity contribution in [2.24, 2.45) is 7.05 Å². The Kier molecular flexibility index (Phi) is 7.31. The second-order valence-electron chi connectivity index (χ2n) is 7.38. The molecule has 27 heavy (non-hydrogen) atoms. The van der Waals surface area contributed by atoms with Gasteiger partial charge in [-0.15, -0.1) is 0 Å². The van der Waals surface area contributed by atoms with Crippen LogP contribution in [0.4, 0.5) is 0 Å². The van der Waals surface area contributed by atoms with Gasteiger partial charge in [0.2, 0.25) is 5.91 Å². The first kappa shape index (κ1) is 19.5. The Morgan fingerprint density at radius 1 is 1.11 bits per heavy atom. The Morgan fingerprint density at radius 2 is 1.93 bits per heavy atom. The van der Waals surface area contributed by atoms with Crippen molar-refractivity contribution in [2.75, 3.05) is 19.7 Å². The number of aryl methyl sites for hydroxylation is 3. The van der Waals surface area contributed by atoms with Gasteiger partial charge in [0.15, 0.2) is 0 Å². The fraction of sp³-hybridized carbons (Fsp3) is 0.545. The van der Waals surface area contributed by atoms with Crippen LogP contribution in [0.25, 0.3) is 0 Å². The molecule has 0 atom stereocenters. The molecule has 0 aliphatic carbocycles. The summed E-state index contributed by atoms with van der Waals surface area (Å²) in [6, 6.07) is 8.30. The van der Waals surface area contributed by atoms with Crippen LogP contribution in [0.5, 0.6) is 5.75 Å². The molecule has 0 bridgehead atoms. The number of amides is 1. The maximum absolute atomic E-state index is 12.8. The van der Waals surface area contributed by atoms with Gasteiger partial charge < -0.3 is 9.64 Å². The van der Waals surface area contributed by atoms with Crippen molar-refractivity contribution in [3.8, 4) is 5.75 Å². The zero-order valence-electron chi connectivity index (χ0n) is 16.4. The molecule has 0 saturated carbocycles. The highest BCUT2D eigenvalue weighted by Gasteiger charge is 2.15. The van der Waals surface area contributed by atoms with E-state index in [0.29, 0.717) is 19.6 Å². The molecule has 2 heterocycles. The predicted molar refractivity (Wildman–Crippen MR) is 107 cm³/mol. The second-order valence-corrected chi connectivity index (χ2v) is 7.38. The summed E-state index contributed by atoms with van der Waals surface area (Å²) in [7, 11) is 1.90. The second kappa shape index (κ2) is 10.1. The third kappa shape index (κ3) is 6.12. The zero-order chi connectivity index (χ0) is 18.9. The van der Waals surface area contributed by atoms with Crippen molar-refractivity contribution in [3.63, 3.8) is 0 Å². The van der Waals surface area contributed by atoms with E-state index in [1.54, 1.807) is 4.68 Å². The monoisotopic (exact) mass is 369 g/mol. The lowest BCUT2D eigenvalue weighted by Crippen LogP contribution is -2.35. The van der Waals surface area contributed by atoms with E-state index < -0.39 is 0 Å². The number of hydrogen-bond donors (Lipinski definition) is 0. The van der Waals surface area contributed by atoms with Crippen molar-refractivity contribution in [3.05, 3.63) is 47.8 Å². The molecule has 3 rings (SSSR count). The van der Waals surface area contributed by atoms with E-state index in [1.165, 1.54) is 31.2 Å². The topological polar surface area (TPSA) is 47.4 Å². The Bertz CT molecular complexity index is 726. The smallest absolute Gasteiger partial charge is 0.223 e. The van der Waals surface area contributed by atoms with Crippen molar-refractivity contribution < 1.29 is 9.53 Å². The van der Waals surface area contributed by atoms with E-state index in [9.17, 15) is 4.79 Å². The fourth-order valence-electron chi connectivity index (χ4n) is 3.64. The zero-order valence-corrected chi connectivity index (χ0v) is 16.4. The van der Waals surface area contributed by atoms with E-state index >= 15 is 0 Å². The van der Waals surface area contributed by atoms with Gasteiger partial charge in [0, 0.05) is 26.2 Å². The Hall–Kier alpha value is -2.30. The Labute approximate surface area is 162 Å². The number of benzene rings is 1. The van der Waals surface area contributed by atoms with E-state index in [-0.39, 0.29) is 5.91 Å². The van der Waals surface area contributed by atoms with Crippen LogP contribution in [0.1, 0.15) is 49.7 Å². The van der Waals surface area contributed by atoms with Crippen molar-refractivity contribution in [1.82, 2.24) is 14.7 Å². The molecular weight excluding hydrogens is 338 g/mol. The van der Waals surface area contributed by atoms with Gasteiger partial charge in [0.1, 0.15) is 12.4 Å². The van der Waals surface area contributed by atoms with Gasteiger partial charge in [-0.2, -0.15) is 5.10 Å². The number of carbonyl (C=O) groups is 1. The fourth-order valence-corrected chi connectivity index (χ4v) is 3.64. The Morgan fingerprint density at radius 3 is 2.78 bits per heavy atom. The van der Waals surface area contributed by atoms with Crippen LogP contribution in [0.15, 0.2) is 36.7 Å². The number of aromatic nitrogens is 2. The summed E-state index contributed by atoms with van der Waals surface area (Å²) in [5.74, 6) is 1.19. The molecule has 1 amide bonds. The van der Waals surface area contributed by atoms with Crippen LogP contribution in [-0.2, 0) is 24.7 Å². The number of rotatable bonds is 3. The van der Waals surface area contributed by atoms with Gasteiger partial charge in [-0.1, -0.05) is 37.5 Å². The van der Waals surface area contributed by atoms with Crippen LogP contribution in [-0.4, -0.2) is 40.3 Å². The van der Waals surface area contributed by atoms with Crippen molar-refractivity contribution >= 4 is 5.91 Å². The van der Waals surface area contributed by atoms with Crippen LogP contribution >= 0.6 is 0 Å². The minimum Gasteiger partial charge on any atom is -0.491 e. The quantitative estimate of drug-likeness (QED) is 0.827. The Balaban J connectivity index is 1.58. The summed E-state index contributed by atoms with van der Waals surface area (Å²) in [4.78, 5) is 14.7. The molecule has 0 radical (unpaired) electrons. The molecule has 2 aromatic rings. The third-order valence-electron chi connectivity index (χ3n) is 5.20. The standard InChI is InChI=1S/C22H31N3O2/c1-24-18-19(17-23-24)12-13-22(26)25-14-8-4-2-3-5-9-20-10-6-7-11-21(20)27-16-15-25/h6-7,10-11,17-18H,2-5,8-9,12-16H2,1H3. The van der Waals surface area contributed by atoms with Crippen LogP contribution in [0.3, 0.4) is 0 Å². The first-order chi connectivity index (χ1) is 13.2. The minimum absolute atomic E-state index is 0.214. The van der Waals surface area contributed by atoms with Gasteiger partial charge in [-0.25, -0.2) is 0 Å². The lowest BCUT2D eigenvalue weighted by molar-refractivity contribution is -0.131. The number of carbonyl (C=O) groups excluding carboxylic acids is 1. The van der Waals surface area contributed by atoms with Crippen LogP contribution < -0.4 is 4.74 Å². The maximum Gasteiger partial charge on any atom is 0.223 e. The number of fused-ring (bicyclic) bond motifs is 1. The van der Waals surface area contributed by atoms with Gasteiger partial charge in [0.05, 0.1) is 12.7 Å². The molecule has 5 heteroatoms. The highest BCUT2D eigenvalue weighted by atomic mass is 16.5. The minimum atomic E-state index is 0.214. The van der Waals surface area contributed by atoms with Gasteiger partial charge in [-0.3, -0.25) is 9.48 Å². The molecule has 5 nitrogen and oxygen atoms in total. The average Bonchev–Trinajstić information content (AvgIpc) is 3.10. The highest BCUT2D eigenvalue weighted by Crippen LogP contribution is 2.21. The molecule has 1 aliphatic rings. The summed E-state index contributed by atoms with van der Waals surface area (Å²) in [6.07, 6.45) is 12.1. The van der Waals surface area contributed by atoms with E-state index in [0.717, 1.165) is 37.1 Å². The molecule has 0 fully saturated rings. The molecule has 1 aromatic heterocycles. The SMILES string of the molecule is Cn1cc(CCC(=O)N2CCCCCCCc3ccccc3OCC2)cn1. The van der Waals surface area contributed by atoms with E-state index in [2.05, 4.69) is 17.2 Å². The van der Waals surface area contributed by atoms with Crippen molar-refractivity contribution in [2.45, 2.75) is 51.4 Å². The first-order valence-electron chi connectivity index (χ1n) is 10.2. The molecule has 1 aliphatic heterocycles. The van der Waals surface area contributed by atoms with E-state index in [1.807, 2.05) is 36.5 Å². The van der Waals surface area contributed by atoms with Gasteiger partial charge in [-0.05, 0) is 42.9 Å². The molecular formula is C22H31N3O2. The van der Waals surface area contributed by atoms with E-state index in [4.69, 9.17) is 4.74 Å². The molecule has 0 unspecified atom stereocenters. The molecule has 0 spiro atoms. The molecule has 146 valence electrons. The summed E-state index contributed by atoms with van der Waals surface area (Å²) >= 11 is 0.